The van der Waals surface area contributed by atoms with Crippen LogP contribution in [0, 0.1) is 0 Å². The Hall–Kier alpha value is -2.63. The third-order valence-electron chi connectivity index (χ3n) is 2.77. The first-order chi connectivity index (χ1) is 9.61. The molecule has 0 unspecified atom stereocenters. The van der Waals surface area contributed by atoms with Gasteiger partial charge in [-0.3, -0.25) is 4.79 Å². The van der Waals surface area contributed by atoms with Crippen molar-refractivity contribution < 1.29 is 14.3 Å². The zero-order chi connectivity index (χ0) is 14.5. The number of carbonyl (C=O) groups excluding carboxylic acids is 2. The molecule has 0 aliphatic rings. The highest BCUT2D eigenvalue weighted by Crippen LogP contribution is 2.14. The fourth-order valence-electron chi connectivity index (χ4n) is 1.69. The molecule has 0 fully saturated rings. The van der Waals surface area contributed by atoms with Gasteiger partial charge in [0.2, 0.25) is 0 Å². The normalized spacial score (nSPS) is 11.7. The van der Waals surface area contributed by atoms with Crippen LogP contribution in [-0.4, -0.2) is 35.0 Å². The summed E-state index contributed by atoms with van der Waals surface area (Å²) in [6.07, 6.45) is 1.43. The molecule has 2 aromatic rings. The van der Waals surface area contributed by atoms with Crippen molar-refractivity contribution in [3.05, 3.63) is 42.2 Å². The van der Waals surface area contributed by atoms with E-state index in [9.17, 15) is 9.59 Å². The van der Waals surface area contributed by atoms with Crippen molar-refractivity contribution in [1.29, 1.82) is 0 Å². The van der Waals surface area contributed by atoms with Gasteiger partial charge in [-0.05, 0) is 6.92 Å². The standard InChI is InChI=1S/C14H15N3O3/c1-9(14(19)20-2)16-13(18)11-8-15-12(17-11)10-6-4-3-5-7-10/h3-9H,1-2H3,(H,15,17)(H,16,18)/t9-/m0/s1. The number of benzene rings is 1. The fraction of sp³-hybridized carbons (Fsp3) is 0.214. The predicted octanol–water partition coefficient (Wildman–Crippen LogP) is 1.37. The maximum absolute atomic E-state index is 11.9. The molecule has 1 atom stereocenters. The van der Waals surface area contributed by atoms with Gasteiger partial charge in [0.25, 0.3) is 5.91 Å². The second-order valence-corrected chi connectivity index (χ2v) is 4.23. The van der Waals surface area contributed by atoms with Crippen LogP contribution in [0.15, 0.2) is 36.5 Å². The molecule has 104 valence electrons. The van der Waals surface area contributed by atoms with Gasteiger partial charge in [-0.2, -0.15) is 0 Å². The van der Waals surface area contributed by atoms with Crippen molar-refractivity contribution in [3.8, 4) is 11.4 Å². The summed E-state index contributed by atoms with van der Waals surface area (Å²) in [6, 6.07) is 8.73. The number of amides is 1. The number of aromatic amines is 1. The van der Waals surface area contributed by atoms with E-state index in [4.69, 9.17) is 0 Å². The lowest BCUT2D eigenvalue weighted by Gasteiger charge is -2.10. The molecule has 1 heterocycles. The van der Waals surface area contributed by atoms with Crippen LogP contribution in [0.25, 0.3) is 11.4 Å². The fourth-order valence-corrected chi connectivity index (χ4v) is 1.69. The van der Waals surface area contributed by atoms with Gasteiger partial charge in [0.05, 0.1) is 13.3 Å². The quantitative estimate of drug-likeness (QED) is 0.824. The molecule has 0 aliphatic heterocycles. The van der Waals surface area contributed by atoms with Crippen molar-refractivity contribution in [3.63, 3.8) is 0 Å². The van der Waals surface area contributed by atoms with Crippen LogP contribution in [0.2, 0.25) is 0 Å². The molecule has 0 spiro atoms. The van der Waals surface area contributed by atoms with E-state index in [1.807, 2.05) is 30.3 Å². The number of rotatable bonds is 4. The second kappa shape index (κ2) is 6.01. The summed E-state index contributed by atoms with van der Waals surface area (Å²) in [5.41, 5.74) is 1.17. The number of imidazole rings is 1. The summed E-state index contributed by atoms with van der Waals surface area (Å²) in [5, 5.41) is 2.53. The van der Waals surface area contributed by atoms with Gasteiger partial charge in [0.1, 0.15) is 17.6 Å². The zero-order valence-electron chi connectivity index (χ0n) is 11.2. The average Bonchev–Trinajstić information content (AvgIpc) is 2.97. The number of hydrogen-bond acceptors (Lipinski definition) is 4. The van der Waals surface area contributed by atoms with Crippen LogP contribution in [0.3, 0.4) is 0 Å². The molecule has 1 amide bonds. The number of H-pyrrole nitrogens is 1. The van der Waals surface area contributed by atoms with Crippen molar-refractivity contribution in [2.24, 2.45) is 0 Å². The van der Waals surface area contributed by atoms with E-state index in [-0.39, 0.29) is 0 Å². The van der Waals surface area contributed by atoms with Crippen molar-refractivity contribution >= 4 is 11.9 Å². The Morgan fingerprint density at radius 2 is 2.00 bits per heavy atom. The highest BCUT2D eigenvalue weighted by molar-refractivity contribution is 5.95. The van der Waals surface area contributed by atoms with Crippen molar-refractivity contribution in [1.82, 2.24) is 15.3 Å². The Balaban J connectivity index is 2.09. The summed E-state index contributed by atoms with van der Waals surface area (Å²) in [7, 11) is 1.27. The molecule has 0 radical (unpaired) electrons. The van der Waals surface area contributed by atoms with E-state index in [0.29, 0.717) is 11.5 Å². The molecule has 2 rings (SSSR count). The number of hydrogen-bond donors (Lipinski definition) is 2. The molecule has 0 bridgehead atoms. The van der Waals surface area contributed by atoms with Crippen LogP contribution in [0.4, 0.5) is 0 Å². The molecule has 2 N–H and O–H groups in total. The monoisotopic (exact) mass is 273 g/mol. The van der Waals surface area contributed by atoms with Gasteiger partial charge >= 0.3 is 5.97 Å². The van der Waals surface area contributed by atoms with Gasteiger partial charge in [-0.1, -0.05) is 30.3 Å². The molecule has 0 saturated heterocycles. The Bertz CT molecular complexity index is 607. The minimum atomic E-state index is -0.712. The first-order valence-electron chi connectivity index (χ1n) is 6.11. The average molecular weight is 273 g/mol. The van der Waals surface area contributed by atoms with Gasteiger partial charge in [0, 0.05) is 5.56 Å². The van der Waals surface area contributed by atoms with Crippen molar-refractivity contribution in [2.75, 3.05) is 7.11 Å². The molecule has 20 heavy (non-hydrogen) atoms. The number of aromatic nitrogens is 2. The largest absolute Gasteiger partial charge is 0.467 e. The van der Waals surface area contributed by atoms with Gasteiger partial charge in [0.15, 0.2) is 0 Å². The summed E-state index contributed by atoms with van der Waals surface area (Å²) < 4.78 is 4.54. The maximum atomic E-state index is 11.9. The molecule has 0 saturated carbocycles. The lowest BCUT2D eigenvalue weighted by molar-refractivity contribution is -0.142. The molecule has 6 heteroatoms. The van der Waals surface area contributed by atoms with E-state index >= 15 is 0 Å². The predicted molar refractivity (Wildman–Crippen MR) is 73.0 cm³/mol. The Labute approximate surface area is 116 Å². The number of carbonyl (C=O) groups is 2. The van der Waals surface area contributed by atoms with E-state index in [1.165, 1.54) is 13.3 Å². The molecule has 6 nitrogen and oxygen atoms in total. The SMILES string of the molecule is COC(=O)[C@H](C)NC(=O)c1cnc(-c2ccccc2)[nH]1. The number of ether oxygens (including phenoxy) is 1. The lowest BCUT2D eigenvalue weighted by atomic mass is 10.2. The topological polar surface area (TPSA) is 84.1 Å². The number of nitrogens with zero attached hydrogens (tertiary/aromatic N) is 1. The minimum absolute atomic E-state index is 0.291. The van der Waals surface area contributed by atoms with E-state index in [1.54, 1.807) is 6.92 Å². The Morgan fingerprint density at radius 1 is 1.30 bits per heavy atom. The smallest absolute Gasteiger partial charge is 0.328 e. The second-order valence-electron chi connectivity index (χ2n) is 4.23. The molecular weight excluding hydrogens is 258 g/mol. The van der Waals surface area contributed by atoms with Crippen LogP contribution >= 0.6 is 0 Å². The summed E-state index contributed by atoms with van der Waals surface area (Å²) in [5.74, 6) is -0.305. The highest BCUT2D eigenvalue weighted by atomic mass is 16.5. The Kier molecular flexibility index (Phi) is 4.14. The van der Waals surface area contributed by atoms with E-state index < -0.39 is 17.9 Å². The summed E-state index contributed by atoms with van der Waals surface area (Å²) in [6.45, 7) is 1.55. The highest BCUT2D eigenvalue weighted by Gasteiger charge is 2.18. The minimum Gasteiger partial charge on any atom is -0.467 e. The van der Waals surface area contributed by atoms with Crippen molar-refractivity contribution in [2.45, 2.75) is 13.0 Å². The number of methoxy groups -OCH3 is 1. The van der Waals surface area contributed by atoms with Crippen LogP contribution in [0.5, 0.6) is 0 Å². The van der Waals surface area contributed by atoms with Crippen LogP contribution < -0.4 is 5.32 Å². The summed E-state index contributed by atoms with van der Waals surface area (Å²) >= 11 is 0. The Morgan fingerprint density at radius 3 is 2.65 bits per heavy atom. The van der Waals surface area contributed by atoms with E-state index in [2.05, 4.69) is 20.0 Å². The molecule has 1 aromatic heterocycles. The number of nitrogens with one attached hydrogen (secondary N) is 2. The van der Waals surface area contributed by atoms with E-state index in [0.717, 1.165) is 5.56 Å². The molecule has 1 aromatic carbocycles. The van der Waals surface area contributed by atoms with Gasteiger partial charge < -0.3 is 15.0 Å². The summed E-state index contributed by atoms with van der Waals surface area (Å²) in [4.78, 5) is 30.2. The van der Waals surface area contributed by atoms with Crippen LogP contribution in [0.1, 0.15) is 17.4 Å². The zero-order valence-corrected chi connectivity index (χ0v) is 11.2. The van der Waals surface area contributed by atoms with Gasteiger partial charge in [-0.25, -0.2) is 9.78 Å². The maximum Gasteiger partial charge on any atom is 0.328 e. The number of esters is 1. The van der Waals surface area contributed by atoms with Crippen LogP contribution in [-0.2, 0) is 9.53 Å². The molecular formula is C14H15N3O3. The first-order valence-corrected chi connectivity index (χ1v) is 6.11. The van der Waals surface area contributed by atoms with Gasteiger partial charge in [-0.15, -0.1) is 0 Å². The lowest BCUT2D eigenvalue weighted by Crippen LogP contribution is -2.39. The third kappa shape index (κ3) is 3.03. The molecule has 0 aliphatic carbocycles. The third-order valence-corrected chi connectivity index (χ3v) is 2.77. The first kappa shape index (κ1) is 13.8.